The number of para-hydroxylation sites is 1. The third kappa shape index (κ3) is 5.07. The first-order chi connectivity index (χ1) is 19.3. The van der Waals surface area contributed by atoms with Crippen molar-refractivity contribution < 1.29 is 22.6 Å². The first kappa shape index (κ1) is 27.7. The molecule has 14 heteroatoms. The molecule has 3 aromatic rings. The van der Waals surface area contributed by atoms with Gasteiger partial charge in [-0.25, -0.2) is 18.4 Å². The number of fused-ring (bicyclic) bond motifs is 1. The Balaban J connectivity index is 1.60. The molecule has 2 aliphatic rings. The van der Waals surface area contributed by atoms with Gasteiger partial charge in [-0.15, -0.1) is 10.2 Å². The first-order valence-electron chi connectivity index (χ1n) is 12.3. The van der Waals surface area contributed by atoms with Gasteiger partial charge in [0.15, 0.2) is 27.3 Å². The average Bonchev–Trinajstić information content (AvgIpc) is 3.57. The van der Waals surface area contributed by atoms with Crippen molar-refractivity contribution in [3.63, 3.8) is 0 Å². The van der Waals surface area contributed by atoms with E-state index in [9.17, 15) is 8.42 Å². The monoisotopic (exact) mass is 585 g/mol. The van der Waals surface area contributed by atoms with E-state index in [2.05, 4.69) is 30.5 Å². The zero-order valence-electron chi connectivity index (χ0n) is 22.2. The molecule has 210 valence electrons. The molecular weight excluding hydrogens is 558 g/mol. The molecule has 2 aliphatic heterocycles. The summed E-state index contributed by atoms with van der Waals surface area (Å²) in [6, 6.07) is 5.30. The number of aliphatic imine (C=N–C) groups is 1. The number of halogens is 1. The number of aromatic nitrogens is 5. The highest BCUT2D eigenvalue weighted by Gasteiger charge is 2.37. The molecule has 5 rings (SSSR count). The van der Waals surface area contributed by atoms with Crippen LogP contribution in [0, 0.1) is 5.92 Å². The van der Waals surface area contributed by atoms with Crippen molar-refractivity contribution in [3.05, 3.63) is 71.4 Å². The molecule has 0 aliphatic carbocycles. The van der Waals surface area contributed by atoms with Crippen LogP contribution in [0.5, 0.6) is 11.5 Å². The largest absolute Gasteiger partial charge is 0.494 e. The number of hydrogen-bond donors (Lipinski definition) is 1. The van der Waals surface area contributed by atoms with Gasteiger partial charge in [0.2, 0.25) is 0 Å². The van der Waals surface area contributed by atoms with Crippen LogP contribution in [0.25, 0.3) is 11.3 Å². The summed E-state index contributed by atoms with van der Waals surface area (Å²) in [5.74, 6) is 1.13. The van der Waals surface area contributed by atoms with Gasteiger partial charge in [-0.3, -0.25) is 9.56 Å². The maximum Gasteiger partial charge on any atom is 0.166 e. The Bertz CT molecular complexity index is 1560. The van der Waals surface area contributed by atoms with Crippen molar-refractivity contribution in [2.24, 2.45) is 10.9 Å². The van der Waals surface area contributed by atoms with Gasteiger partial charge in [0.1, 0.15) is 35.2 Å². The van der Waals surface area contributed by atoms with Crippen LogP contribution in [0.2, 0.25) is 5.02 Å². The van der Waals surface area contributed by atoms with Crippen LogP contribution in [0.4, 0.5) is 0 Å². The number of hydrogen-bond acceptors (Lipinski definition) is 11. The van der Waals surface area contributed by atoms with Crippen LogP contribution in [0.1, 0.15) is 30.5 Å². The van der Waals surface area contributed by atoms with Gasteiger partial charge in [-0.2, -0.15) is 0 Å². The molecule has 40 heavy (non-hydrogen) atoms. The molecule has 0 saturated carbocycles. The fourth-order valence-corrected chi connectivity index (χ4v) is 6.29. The van der Waals surface area contributed by atoms with E-state index in [1.54, 1.807) is 35.9 Å². The molecule has 1 N–H and O–H groups in total. The summed E-state index contributed by atoms with van der Waals surface area (Å²) in [5, 5.41) is 11.4. The maximum atomic E-state index is 13.8. The van der Waals surface area contributed by atoms with Crippen LogP contribution in [0.3, 0.4) is 0 Å². The SMILES string of the molecule is COc1cccc(OC)c1-n1c(CS(=O)(=O)[C@@H](C)[C@H](OC)c2ncc(Cl)cn2)nnc1C1=CNC2N=CC=CC12. The summed E-state index contributed by atoms with van der Waals surface area (Å²) in [6.45, 7) is 1.55. The van der Waals surface area contributed by atoms with E-state index in [-0.39, 0.29) is 23.7 Å². The van der Waals surface area contributed by atoms with Gasteiger partial charge >= 0.3 is 0 Å². The molecule has 12 nitrogen and oxygen atoms in total. The second-order valence-corrected chi connectivity index (χ2v) is 11.9. The Morgan fingerprint density at radius 1 is 1.10 bits per heavy atom. The predicted octanol–water partition coefficient (Wildman–Crippen LogP) is 2.95. The summed E-state index contributed by atoms with van der Waals surface area (Å²) in [5.41, 5.74) is 1.27. The quantitative estimate of drug-likeness (QED) is 0.377. The van der Waals surface area contributed by atoms with E-state index < -0.39 is 26.9 Å². The fourth-order valence-electron chi connectivity index (χ4n) is 4.78. The Hall–Kier alpha value is -3.81. The molecule has 4 atom stereocenters. The van der Waals surface area contributed by atoms with Gasteiger partial charge < -0.3 is 19.5 Å². The second-order valence-electron chi connectivity index (χ2n) is 9.13. The fraction of sp³-hybridized carbons (Fsp3) is 0.346. The minimum Gasteiger partial charge on any atom is -0.494 e. The Labute approximate surface area is 236 Å². The molecule has 0 spiro atoms. The molecule has 0 amide bonds. The summed E-state index contributed by atoms with van der Waals surface area (Å²) in [7, 11) is 0.564. The van der Waals surface area contributed by atoms with Crippen LogP contribution in [-0.2, 0) is 20.3 Å². The lowest BCUT2D eigenvalue weighted by Crippen LogP contribution is -2.30. The van der Waals surface area contributed by atoms with Crippen LogP contribution >= 0.6 is 11.6 Å². The van der Waals surface area contributed by atoms with Crippen LogP contribution in [0.15, 0.2) is 53.9 Å². The summed E-state index contributed by atoms with van der Waals surface area (Å²) < 4.78 is 46.2. The number of dihydropyridines is 1. The van der Waals surface area contributed by atoms with Crippen molar-refractivity contribution in [2.75, 3.05) is 21.3 Å². The van der Waals surface area contributed by atoms with E-state index in [0.717, 1.165) is 5.57 Å². The molecule has 0 fully saturated rings. The summed E-state index contributed by atoms with van der Waals surface area (Å²) in [6.07, 6.45) is 9.09. The predicted molar refractivity (Wildman–Crippen MR) is 149 cm³/mol. The zero-order valence-corrected chi connectivity index (χ0v) is 23.8. The number of benzene rings is 1. The second kappa shape index (κ2) is 11.4. The van der Waals surface area contributed by atoms with E-state index >= 15 is 0 Å². The van der Waals surface area contributed by atoms with E-state index in [4.69, 9.17) is 25.8 Å². The Morgan fingerprint density at radius 2 is 1.80 bits per heavy atom. The highest BCUT2D eigenvalue weighted by Crippen LogP contribution is 2.39. The molecule has 4 heterocycles. The Morgan fingerprint density at radius 3 is 2.45 bits per heavy atom. The van der Waals surface area contributed by atoms with Crippen molar-refractivity contribution in [1.82, 2.24) is 30.0 Å². The number of sulfone groups is 1. The van der Waals surface area contributed by atoms with Crippen LogP contribution < -0.4 is 14.8 Å². The van der Waals surface area contributed by atoms with E-state index in [0.29, 0.717) is 28.0 Å². The highest BCUT2D eigenvalue weighted by atomic mass is 35.5. The van der Waals surface area contributed by atoms with Gasteiger partial charge in [-0.05, 0) is 25.1 Å². The number of rotatable bonds is 10. The minimum absolute atomic E-state index is 0.128. The first-order valence-corrected chi connectivity index (χ1v) is 14.4. The summed E-state index contributed by atoms with van der Waals surface area (Å²) >= 11 is 5.92. The van der Waals surface area contributed by atoms with Gasteiger partial charge in [0.25, 0.3) is 0 Å². The van der Waals surface area contributed by atoms with Gasteiger partial charge in [0.05, 0.1) is 24.5 Å². The Kier molecular flexibility index (Phi) is 7.88. The van der Waals surface area contributed by atoms with Crippen molar-refractivity contribution in [2.45, 2.75) is 30.2 Å². The summed E-state index contributed by atoms with van der Waals surface area (Å²) in [4.78, 5) is 12.8. The van der Waals surface area contributed by atoms with Crippen LogP contribution in [-0.4, -0.2) is 72.1 Å². The number of nitrogens with zero attached hydrogens (tertiary/aromatic N) is 6. The molecule has 2 unspecified atom stereocenters. The number of nitrogens with one attached hydrogen (secondary N) is 1. The molecular formula is C26H28ClN7O5S. The van der Waals surface area contributed by atoms with E-state index in [1.807, 2.05) is 18.4 Å². The lowest BCUT2D eigenvalue weighted by Gasteiger charge is -2.23. The molecule has 1 aromatic carbocycles. The zero-order chi connectivity index (χ0) is 28.4. The smallest absolute Gasteiger partial charge is 0.166 e. The molecule has 0 saturated heterocycles. The average molecular weight is 586 g/mol. The standard InChI is InChI=1S/C26H28ClN7O5S/c1-15(23(39-4)25-29-11-16(27)12-30-25)40(35,36)14-21-32-33-26(18-13-31-24-17(18)7-6-10-28-24)34(21)22-19(37-2)8-5-9-20(22)38-3/h5-13,15,17,23-24,31H,14H2,1-4H3/t15-,17?,23-,24?/m0/s1. The van der Waals surface area contributed by atoms with Crippen molar-refractivity contribution >= 4 is 33.2 Å². The maximum absolute atomic E-state index is 13.8. The molecule has 0 radical (unpaired) electrons. The highest BCUT2D eigenvalue weighted by molar-refractivity contribution is 7.91. The number of ether oxygens (including phenoxy) is 3. The topological polar surface area (TPSA) is 143 Å². The van der Waals surface area contributed by atoms with E-state index in [1.165, 1.54) is 33.7 Å². The van der Waals surface area contributed by atoms with Gasteiger partial charge in [-0.1, -0.05) is 23.7 Å². The third-order valence-electron chi connectivity index (χ3n) is 6.85. The third-order valence-corrected chi connectivity index (χ3v) is 9.08. The minimum atomic E-state index is -3.90. The lowest BCUT2D eigenvalue weighted by molar-refractivity contribution is 0.0948. The molecule has 0 bridgehead atoms. The number of allylic oxidation sites excluding steroid dienone is 1. The number of methoxy groups -OCH3 is 3. The van der Waals surface area contributed by atoms with Crippen molar-refractivity contribution in [3.8, 4) is 17.2 Å². The normalized spacial score (nSPS) is 19.5. The lowest BCUT2D eigenvalue weighted by atomic mass is 9.97. The van der Waals surface area contributed by atoms with Gasteiger partial charge in [0, 0.05) is 43.4 Å². The molecule has 2 aromatic heterocycles. The van der Waals surface area contributed by atoms with Crippen molar-refractivity contribution in [1.29, 1.82) is 0 Å².